The Bertz CT molecular complexity index is 1690. The molecule has 1 aliphatic rings. The second-order valence-electron chi connectivity index (χ2n) is 8.15. The summed E-state index contributed by atoms with van der Waals surface area (Å²) in [5.74, 6) is 0.265. The van der Waals surface area contributed by atoms with Crippen LogP contribution in [0.5, 0.6) is 5.75 Å². The molecule has 0 aliphatic carbocycles. The predicted octanol–water partition coefficient (Wildman–Crippen LogP) is 3.52. The maximum absolute atomic E-state index is 13.3. The number of hydrogen-bond acceptors (Lipinski definition) is 10. The normalized spacial score (nSPS) is 12.8. The largest absolute Gasteiger partial charge is 0.490 e. The van der Waals surface area contributed by atoms with Crippen molar-refractivity contribution in [3.8, 4) is 22.1 Å². The molecular weight excluding hydrogens is 494 g/mol. The molecule has 12 heteroatoms. The molecule has 5 aromatic rings. The molecule has 6 rings (SSSR count). The van der Waals surface area contributed by atoms with E-state index in [0.717, 1.165) is 17.1 Å². The highest BCUT2D eigenvalue weighted by Crippen LogP contribution is 2.39. The van der Waals surface area contributed by atoms with Gasteiger partial charge >= 0.3 is 5.97 Å². The topological polar surface area (TPSA) is 141 Å². The van der Waals surface area contributed by atoms with Crippen LogP contribution < -0.4 is 20.9 Å². The summed E-state index contributed by atoms with van der Waals surface area (Å²) in [4.78, 5) is 37.1. The maximum atomic E-state index is 13.3. The van der Waals surface area contributed by atoms with Crippen LogP contribution in [-0.4, -0.2) is 50.5 Å². The lowest BCUT2D eigenvalue weighted by molar-refractivity contribution is 0.0512. The Morgan fingerprint density at radius 3 is 2.81 bits per heavy atom. The van der Waals surface area contributed by atoms with Crippen LogP contribution in [0.1, 0.15) is 17.5 Å². The fraction of sp³-hybridized carbons (Fsp3) is 0.160. The average Bonchev–Trinajstić information content (AvgIpc) is 3.57. The van der Waals surface area contributed by atoms with E-state index in [4.69, 9.17) is 15.2 Å². The number of anilines is 3. The number of carbonyl (C=O) groups excluding carboxylic acids is 1. The monoisotopic (exact) mass is 515 g/mol. The molecule has 0 saturated heterocycles. The van der Waals surface area contributed by atoms with Crippen molar-refractivity contribution in [2.24, 2.45) is 0 Å². The molecule has 11 nitrogen and oxygen atoms in total. The van der Waals surface area contributed by atoms with E-state index in [1.165, 1.54) is 15.9 Å². The first-order valence-corrected chi connectivity index (χ1v) is 12.4. The number of hydrogen-bond donors (Lipinski definition) is 2. The van der Waals surface area contributed by atoms with Crippen molar-refractivity contribution in [3.63, 3.8) is 0 Å². The first-order chi connectivity index (χ1) is 18.0. The smallest absolute Gasteiger partial charge is 0.378 e. The summed E-state index contributed by atoms with van der Waals surface area (Å²) < 4.78 is 12.4. The van der Waals surface area contributed by atoms with Gasteiger partial charge in [0.2, 0.25) is 0 Å². The zero-order valence-electron chi connectivity index (χ0n) is 19.7. The lowest BCUT2D eigenvalue weighted by atomic mass is 10.1. The molecule has 0 atom stereocenters. The number of nitrogens with two attached hydrogens (primary N) is 1. The van der Waals surface area contributed by atoms with E-state index in [2.05, 4.69) is 25.1 Å². The third-order valence-corrected chi connectivity index (χ3v) is 6.91. The Balaban J connectivity index is 1.47. The number of H-pyrrole nitrogens is 1. The van der Waals surface area contributed by atoms with Crippen LogP contribution in [-0.2, 0) is 4.74 Å². The number of carbonyl (C=O) groups is 1. The van der Waals surface area contributed by atoms with Crippen LogP contribution in [0.15, 0.2) is 59.4 Å². The van der Waals surface area contributed by atoms with E-state index in [1.54, 1.807) is 13.0 Å². The molecule has 0 radical (unpaired) electrons. The summed E-state index contributed by atoms with van der Waals surface area (Å²) in [6.45, 7) is 3.14. The molecule has 0 amide bonds. The van der Waals surface area contributed by atoms with E-state index < -0.39 is 11.5 Å². The summed E-state index contributed by atoms with van der Waals surface area (Å²) >= 11 is 1.27. The number of aromatic nitrogens is 5. The van der Waals surface area contributed by atoms with Gasteiger partial charge in [0.15, 0.2) is 11.6 Å². The average molecular weight is 516 g/mol. The van der Waals surface area contributed by atoms with E-state index >= 15 is 0 Å². The summed E-state index contributed by atoms with van der Waals surface area (Å²) in [6, 6.07) is 17.3. The lowest BCUT2D eigenvalue weighted by Crippen LogP contribution is -2.29. The Morgan fingerprint density at radius 2 is 2.00 bits per heavy atom. The van der Waals surface area contributed by atoms with Gasteiger partial charge in [0.05, 0.1) is 34.9 Å². The predicted molar refractivity (Wildman–Crippen MR) is 140 cm³/mol. The summed E-state index contributed by atoms with van der Waals surface area (Å²) in [6.07, 6.45) is 0. The van der Waals surface area contributed by atoms with Gasteiger partial charge in [-0.1, -0.05) is 18.2 Å². The zero-order valence-corrected chi connectivity index (χ0v) is 20.5. The van der Waals surface area contributed by atoms with Crippen LogP contribution in [0.4, 0.5) is 17.2 Å². The van der Waals surface area contributed by atoms with Crippen LogP contribution in [0, 0.1) is 0 Å². The highest BCUT2D eigenvalue weighted by atomic mass is 32.1. The Hall–Kier alpha value is -4.71. The number of aromatic amines is 1. The van der Waals surface area contributed by atoms with Crippen LogP contribution in [0.3, 0.4) is 0 Å². The molecule has 3 N–H and O–H groups in total. The number of para-hydroxylation sites is 1. The van der Waals surface area contributed by atoms with Gasteiger partial charge < -0.3 is 20.1 Å². The summed E-state index contributed by atoms with van der Waals surface area (Å²) in [5.41, 5.74) is 8.63. The van der Waals surface area contributed by atoms with Gasteiger partial charge in [-0.25, -0.2) is 14.8 Å². The number of thiophene rings is 1. The molecule has 0 bridgehead atoms. The molecule has 186 valence electrons. The standard InChI is InChI=1S/C25H21N7O4S/c1-2-35-25(34)22-28-21(29-30-22)19-13-17-23(37-19)27-20(26)24(33)32(17)15-8-9-18-16(12-15)31(10-11-36-18)14-6-4-3-5-7-14/h3-9,12-13H,2,10-11H2,1H3,(H2,26,27)(H,28,29,30). The molecule has 0 fully saturated rings. The minimum atomic E-state index is -0.621. The molecule has 37 heavy (non-hydrogen) atoms. The quantitative estimate of drug-likeness (QED) is 0.336. The number of nitrogen functional groups attached to an aromatic ring is 1. The molecule has 0 unspecified atom stereocenters. The Kier molecular flexibility index (Phi) is 5.57. The van der Waals surface area contributed by atoms with Crippen LogP contribution in [0.2, 0.25) is 0 Å². The van der Waals surface area contributed by atoms with Crippen LogP contribution >= 0.6 is 11.3 Å². The second kappa shape index (κ2) is 9.06. The number of benzene rings is 2. The lowest BCUT2D eigenvalue weighted by Gasteiger charge is -2.31. The molecule has 1 aliphatic heterocycles. The Labute approximate surface area is 214 Å². The fourth-order valence-corrected chi connectivity index (χ4v) is 5.21. The second-order valence-corrected chi connectivity index (χ2v) is 9.19. The summed E-state index contributed by atoms with van der Waals surface area (Å²) in [7, 11) is 0. The Morgan fingerprint density at radius 1 is 1.16 bits per heavy atom. The van der Waals surface area contributed by atoms with Gasteiger partial charge in [-0.05, 0) is 43.3 Å². The minimum Gasteiger partial charge on any atom is -0.490 e. The van der Waals surface area contributed by atoms with Crippen LogP contribution in [0.25, 0.3) is 26.7 Å². The van der Waals surface area contributed by atoms with E-state index in [1.807, 2.05) is 48.5 Å². The van der Waals surface area contributed by atoms with Gasteiger partial charge in [0, 0.05) is 5.69 Å². The first kappa shape index (κ1) is 22.7. The molecule has 4 heterocycles. The van der Waals surface area contributed by atoms with Crippen molar-refractivity contribution in [2.75, 3.05) is 30.4 Å². The number of nitrogens with zero attached hydrogens (tertiary/aromatic N) is 5. The number of rotatable bonds is 5. The van der Waals surface area contributed by atoms with E-state index in [9.17, 15) is 9.59 Å². The number of esters is 1. The molecule has 0 spiro atoms. The van der Waals surface area contributed by atoms with E-state index in [-0.39, 0.29) is 18.2 Å². The van der Waals surface area contributed by atoms with Gasteiger partial charge in [-0.3, -0.25) is 14.5 Å². The van der Waals surface area contributed by atoms with Crippen molar-refractivity contribution in [3.05, 3.63) is 70.8 Å². The van der Waals surface area contributed by atoms with Crippen molar-refractivity contribution < 1.29 is 14.3 Å². The van der Waals surface area contributed by atoms with Gasteiger partial charge in [0.1, 0.15) is 17.2 Å². The van der Waals surface area contributed by atoms with Crippen molar-refractivity contribution in [2.45, 2.75) is 6.92 Å². The first-order valence-electron chi connectivity index (χ1n) is 11.5. The molecule has 2 aromatic carbocycles. The third-order valence-electron chi connectivity index (χ3n) is 5.89. The highest BCUT2D eigenvalue weighted by Gasteiger charge is 2.23. The van der Waals surface area contributed by atoms with Crippen molar-refractivity contribution >= 4 is 44.8 Å². The van der Waals surface area contributed by atoms with Gasteiger partial charge in [0.25, 0.3) is 11.4 Å². The van der Waals surface area contributed by atoms with E-state index in [0.29, 0.717) is 39.9 Å². The van der Waals surface area contributed by atoms with Crippen molar-refractivity contribution in [1.29, 1.82) is 0 Å². The van der Waals surface area contributed by atoms with Gasteiger partial charge in [-0.15, -0.1) is 16.4 Å². The zero-order chi connectivity index (χ0) is 25.5. The molecule has 3 aromatic heterocycles. The highest BCUT2D eigenvalue weighted by molar-refractivity contribution is 7.21. The molecular formula is C25H21N7O4S. The van der Waals surface area contributed by atoms with Crippen molar-refractivity contribution in [1.82, 2.24) is 24.7 Å². The van der Waals surface area contributed by atoms with Gasteiger partial charge in [-0.2, -0.15) is 0 Å². The fourth-order valence-electron chi connectivity index (χ4n) is 4.25. The number of fused-ring (bicyclic) bond motifs is 2. The number of ether oxygens (including phenoxy) is 2. The minimum absolute atomic E-state index is 0.0742. The SMILES string of the molecule is CCOC(=O)c1n[nH]c(-c2cc3c(nc(N)c(=O)n3-c3ccc4c(c3)N(c3ccccc3)CCO4)s2)n1. The third kappa shape index (κ3) is 3.96. The number of nitrogens with one attached hydrogen (secondary N) is 1. The molecule has 0 saturated carbocycles. The summed E-state index contributed by atoms with van der Waals surface area (Å²) in [5, 5.41) is 6.70. The maximum Gasteiger partial charge on any atom is 0.378 e.